The van der Waals surface area contributed by atoms with E-state index in [4.69, 9.17) is 4.74 Å². The van der Waals surface area contributed by atoms with Crippen molar-refractivity contribution >= 4 is 11.8 Å². The van der Waals surface area contributed by atoms with Crippen molar-refractivity contribution in [1.82, 2.24) is 15.6 Å². The first-order valence-corrected chi connectivity index (χ1v) is 10.3. The third-order valence-corrected chi connectivity index (χ3v) is 5.31. The third-order valence-electron chi connectivity index (χ3n) is 5.31. The molecule has 1 unspecified atom stereocenters. The average Bonchev–Trinajstić information content (AvgIpc) is 2.75. The Labute approximate surface area is 174 Å². The van der Waals surface area contributed by atoms with Crippen LogP contribution in [0.1, 0.15) is 31.9 Å². The molecule has 1 fully saturated rings. The van der Waals surface area contributed by atoms with Crippen LogP contribution in [0, 0.1) is 0 Å². The van der Waals surface area contributed by atoms with Gasteiger partial charge < -0.3 is 20.3 Å². The van der Waals surface area contributed by atoms with E-state index in [9.17, 15) is 0 Å². The number of benzene rings is 1. The lowest BCUT2D eigenvalue weighted by atomic mass is 9.85. The Morgan fingerprint density at radius 1 is 1.21 bits per heavy atom. The second-order valence-electron chi connectivity index (χ2n) is 8.18. The van der Waals surface area contributed by atoms with Crippen molar-refractivity contribution in [2.75, 3.05) is 38.2 Å². The molecule has 1 atom stereocenters. The largest absolute Gasteiger partial charge is 0.375 e. The van der Waals surface area contributed by atoms with Gasteiger partial charge in [-0.15, -0.1) is 0 Å². The lowest BCUT2D eigenvalue weighted by Crippen LogP contribution is -2.43. The molecule has 2 aromatic rings. The minimum absolute atomic E-state index is 0.0113. The molecular formula is C23H33N5O. The fourth-order valence-corrected chi connectivity index (χ4v) is 3.44. The molecule has 156 valence electrons. The van der Waals surface area contributed by atoms with Crippen LogP contribution in [-0.2, 0) is 16.7 Å². The minimum Gasteiger partial charge on any atom is -0.375 e. The molecule has 29 heavy (non-hydrogen) atoms. The van der Waals surface area contributed by atoms with E-state index in [2.05, 4.69) is 82.7 Å². The Morgan fingerprint density at radius 2 is 2.00 bits per heavy atom. The molecule has 0 bridgehead atoms. The number of hydrogen-bond acceptors (Lipinski definition) is 4. The summed E-state index contributed by atoms with van der Waals surface area (Å²) in [7, 11) is 1.80. The highest BCUT2D eigenvalue weighted by Crippen LogP contribution is 2.21. The monoisotopic (exact) mass is 395 g/mol. The molecule has 2 heterocycles. The van der Waals surface area contributed by atoms with Gasteiger partial charge in [0.1, 0.15) is 5.82 Å². The van der Waals surface area contributed by atoms with Crippen LogP contribution in [0.3, 0.4) is 0 Å². The smallest absolute Gasteiger partial charge is 0.191 e. The van der Waals surface area contributed by atoms with E-state index in [1.807, 2.05) is 12.3 Å². The van der Waals surface area contributed by atoms with Gasteiger partial charge in [0.2, 0.25) is 0 Å². The summed E-state index contributed by atoms with van der Waals surface area (Å²) in [5.74, 6) is 1.80. The molecule has 0 radical (unpaired) electrons. The van der Waals surface area contributed by atoms with E-state index >= 15 is 0 Å². The molecule has 1 saturated heterocycles. The van der Waals surface area contributed by atoms with Crippen LogP contribution in [0.15, 0.2) is 53.7 Å². The molecule has 1 aromatic carbocycles. The van der Waals surface area contributed by atoms with Crippen LogP contribution in [0.25, 0.3) is 0 Å². The van der Waals surface area contributed by atoms with E-state index in [1.165, 1.54) is 5.56 Å². The van der Waals surface area contributed by atoms with E-state index in [-0.39, 0.29) is 11.5 Å². The number of ether oxygens (including phenoxy) is 1. The van der Waals surface area contributed by atoms with Crippen molar-refractivity contribution in [2.24, 2.45) is 4.99 Å². The van der Waals surface area contributed by atoms with Crippen LogP contribution in [0.2, 0.25) is 0 Å². The van der Waals surface area contributed by atoms with Gasteiger partial charge in [-0.2, -0.15) is 0 Å². The van der Waals surface area contributed by atoms with E-state index < -0.39 is 0 Å². The second-order valence-corrected chi connectivity index (χ2v) is 8.18. The average molecular weight is 396 g/mol. The van der Waals surface area contributed by atoms with E-state index in [0.29, 0.717) is 6.54 Å². The number of nitrogens with zero attached hydrogens (tertiary/aromatic N) is 3. The number of nitrogens with one attached hydrogen (secondary N) is 2. The quantitative estimate of drug-likeness (QED) is 0.582. The van der Waals surface area contributed by atoms with Crippen LogP contribution >= 0.6 is 0 Å². The van der Waals surface area contributed by atoms with Gasteiger partial charge in [0.15, 0.2) is 5.96 Å². The maximum Gasteiger partial charge on any atom is 0.191 e. The molecule has 1 aliphatic heterocycles. The van der Waals surface area contributed by atoms with Gasteiger partial charge >= 0.3 is 0 Å². The van der Waals surface area contributed by atoms with Crippen molar-refractivity contribution in [1.29, 1.82) is 0 Å². The number of pyridine rings is 1. The van der Waals surface area contributed by atoms with Crippen molar-refractivity contribution < 1.29 is 4.74 Å². The maximum absolute atomic E-state index is 5.61. The Morgan fingerprint density at radius 3 is 2.66 bits per heavy atom. The predicted octanol–water partition coefficient (Wildman–Crippen LogP) is 2.95. The van der Waals surface area contributed by atoms with Gasteiger partial charge in [0.25, 0.3) is 0 Å². The van der Waals surface area contributed by atoms with Crippen molar-refractivity contribution in [2.45, 2.75) is 38.8 Å². The topological polar surface area (TPSA) is 61.8 Å². The third kappa shape index (κ3) is 5.94. The molecule has 0 saturated carbocycles. The highest BCUT2D eigenvalue weighted by molar-refractivity contribution is 5.79. The lowest BCUT2D eigenvalue weighted by molar-refractivity contribution is 0.0529. The highest BCUT2D eigenvalue weighted by Gasteiger charge is 2.20. The first kappa shape index (κ1) is 21.1. The van der Waals surface area contributed by atoms with Crippen LogP contribution < -0.4 is 15.5 Å². The lowest BCUT2D eigenvalue weighted by Gasteiger charge is -2.32. The summed E-state index contributed by atoms with van der Waals surface area (Å²) in [6.45, 7) is 10.6. The molecule has 1 aliphatic rings. The van der Waals surface area contributed by atoms with Gasteiger partial charge in [-0.3, -0.25) is 4.99 Å². The van der Waals surface area contributed by atoms with E-state index in [1.54, 1.807) is 7.05 Å². The molecule has 3 rings (SSSR count). The Bertz CT molecular complexity index is 789. The van der Waals surface area contributed by atoms with Crippen molar-refractivity contribution in [3.8, 4) is 0 Å². The first-order chi connectivity index (χ1) is 14.0. The van der Waals surface area contributed by atoms with Gasteiger partial charge in [0, 0.05) is 44.8 Å². The van der Waals surface area contributed by atoms with Crippen molar-refractivity contribution in [3.05, 3.63) is 59.8 Å². The summed E-state index contributed by atoms with van der Waals surface area (Å²) in [6.07, 6.45) is 2.19. The molecule has 6 nitrogen and oxygen atoms in total. The normalized spacial score (nSPS) is 17.9. The zero-order chi connectivity index (χ0) is 20.7. The zero-order valence-corrected chi connectivity index (χ0v) is 18.0. The predicted molar refractivity (Wildman–Crippen MR) is 120 cm³/mol. The Hall–Kier alpha value is -2.60. The summed E-state index contributed by atoms with van der Waals surface area (Å²) in [5.41, 5.74) is 2.44. The molecule has 2 N–H and O–H groups in total. The Balaban J connectivity index is 1.50. The summed E-state index contributed by atoms with van der Waals surface area (Å²) < 4.78 is 5.61. The number of anilines is 1. The minimum atomic E-state index is 0.0113. The second kappa shape index (κ2) is 9.74. The Kier molecular flexibility index (Phi) is 7.09. The van der Waals surface area contributed by atoms with Gasteiger partial charge in [-0.1, -0.05) is 50.2 Å². The SMILES string of the molecule is CN=C(NCc1ccc(N2CCOC(C)C2)nc1)NCC(C)(C)c1ccccc1. The fourth-order valence-electron chi connectivity index (χ4n) is 3.44. The molecular weight excluding hydrogens is 362 g/mol. The molecule has 6 heteroatoms. The molecule has 0 aliphatic carbocycles. The first-order valence-electron chi connectivity index (χ1n) is 10.3. The standard InChI is InChI=1S/C23H33N5O/c1-18-16-28(12-13-29-18)21-11-10-19(14-25-21)15-26-22(24-4)27-17-23(2,3)20-8-6-5-7-9-20/h5-11,14,18H,12-13,15-17H2,1-4H3,(H2,24,26,27). The zero-order valence-electron chi connectivity index (χ0n) is 18.0. The van der Waals surface area contributed by atoms with Gasteiger partial charge in [-0.25, -0.2) is 4.98 Å². The summed E-state index contributed by atoms with van der Waals surface area (Å²) in [6, 6.07) is 14.8. The summed E-state index contributed by atoms with van der Waals surface area (Å²) >= 11 is 0. The number of hydrogen-bond donors (Lipinski definition) is 2. The highest BCUT2D eigenvalue weighted by atomic mass is 16.5. The maximum atomic E-state index is 5.61. The van der Waals surface area contributed by atoms with Crippen LogP contribution in [0.4, 0.5) is 5.82 Å². The van der Waals surface area contributed by atoms with Gasteiger partial charge in [0.05, 0.1) is 12.7 Å². The summed E-state index contributed by atoms with van der Waals surface area (Å²) in [4.78, 5) is 11.3. The number of aromatic nitrogens is 1. The molecule has 1 aromatic heterocycles. The van der Waals surface area contributed by atoms with Crippen molar-refractivity contribution in [3.63, 3.8) is 0 Å². The number of morpholine rings is 1. The van der Waals surface area contributed by atoms with Crippen LogP contribution in [0.5, 0.6) is 0 Å². The molecule has 0 spiro atoms. The molecule has 0 amide bonds. The number of rotatable bonds is 6. The number of guanidine groups is 1. The van der Waals surface area contributed by atoms with Crippen LogP contribution in [-0.4, -0.2) is 50.3 Å². The summed E-state index contributed by atoms with van der Waals surface area (Å²) in [5, 5.41) is 6.82. The number of aliphatic imine (C=N–C) groups is 1. The fraction of sp³-hybridized carbons (Fsp3) is 0.478. The van der Waals surface area contributed by atoms with Gasteiger partial charge in [-0.05, 0) is 24.1 Å². The van der Waals surface area contributed by atoms with E-state index in [0.717, 1.165) is 43.6 Å².